The van der Waals surface area contributed by atoms with Gasteiger partial charge >= 0.3 is 5.97 Å². The van der Waals surface area contributed by atoms with E-state index in [0.717, 1.165) is 29.7 Å². The summed E-state index contributed by atoms with van der Waals surface area (Å²) >= 11 is 0. The van der Waals surface area contributed by atoms with Crippen LogP contribution in [0.4, 0.5) is 5.69 Å². The van der Waals surface area contributed by atoms with E-state index < -0.39 is 41.7 Å². The van der Waals surface area contributed by atoms with Gasteiger partial charge in [-0.3, -0.25) is 19.2 Å². The zero-order valence-electron chi connectivity index (χ0n) is 27.0. The van der Waals surface area contributed by atoms with Crippen LogP contribution in [0.25, 0.3) is 0 Å². The first-order chi connectivity index (χ1) is 21.6. The number of anilines is 1. The number of aliphatic hydroxyl groups excluding tert-OH is 1. The van der Waals surface area contributed by atoms with Gasteiger partial charge in [0, 0.05) is 31.8 Å². The van der Waals surface area contributed by atoms with Gasteiger partial charge in [-0.25, -0.2) is 0 Å². The summed E-state index contributed by atoms with van der Waals surface area (Å²) in [5.41, 5.74) is 1.53. The molecule has 0 radical (unpaired) electrons. The smallest absolute Gasteiger partial charge is 0.312 e. The molecule has 246 valence electrons. The number of ether oxygens (including phenoxy) is 2. The van der Waals surface area contributed by atoms with Crippen molar-refractivity contribution in [3.63, 3.8) is 0 Å². The molecule has 3 aliphatic heterocycles. The molecule has 6 atom stereocenters. The number of carbonyl (C=O) groups excluding carboxylic acids is 4. The van der Waals surface area contributed by atoms with Gasteiger partial charge in [-0.1, -0.05) is 37.1 Å². The molecule has 3 saturated heterocycles. The predicted molar refractivity (Wildman–Crippen MR) is 171 cm³/mol. The van der Waals surface area contributed by atoms with Crippen LogP contribution in [0.3, 0.4) is 0 Å². The molecular formula is C35H49N3O7. The van der Waals surface area contributed by atoms with Crippen molar-refractivity contribution in [1.29, 1.82) is 0 Å². The van der Waals surface area contributed by atoms with Crippen molar-refractivity contribution in [3.8, 4) is 0 Å². The Hall–Kier alpha value is -3.50. The van der Waals surface area contributed by atoms with E-state index >= 15 is 0 Å². The molecule has 45 heavy (non-hydrogen) atoms. The summed E-state index contributed by atoms with van der Waals surface area (Å²) < 4.78 is 12.4. The summed E-state index contributed by atoms with van der Waals surface area (Å²) in [6.07, 6.45) is 7.02. The van der Waals surface area contributed by atoms with E-state index in [1.807, 2.05) is 32.0 Å². The van der Waals surface area contributed by atoms with Gasteiger partial charge in [0.1, 0.15) is 17.7 Å². The standard InChI is InChI=1S/C35H49N3O7/c1-6-8-13-28(40)36-22-25(5)44-34(43)29-27-16-17-35(45-27)30(29)32(41)38(19-11-9-10-12-20-39)31(35)33(42)37(18-7-2)26-21-23(3)14-15-24(26)4/h6-7,14-15,21,25,27,29-31,39H,1-2,8-13,16-20,22H2,3-5H3,(H,36,40)/t25-,27+,29-,30-,31+,35-/m1/s1. The number of aliphatic hydroxyl groups is 1. The summed E-state index contributed by atoms with van der Waals surface area (Å²) in [6.45, 7) is 14.0. The average Bonchev–Trinajstić information content (AvgIpc) is 3.66. The number of amides is 3. The Morgan fingerprint density at radius 2 is 1.96 bits per heavy atom. The number of nitrogens with zero attached hydrogens (tertiary/aromatic N) is 2. The number of carbonyl (C=O) groups is 4. The number of hydrogen-bond donors (Lipinski definition) is 2. The first-order valence-electron chi connectivity index (χ1n) is 16.3. The molecule has 3 fully saturated rings. The zero-order chi connectivity index (χ0) is 32.7. The molecule has 2 N–H and O–H groups in total. The van der Waals surface area contributed by atoms with Crippen molar-refractivity contribution in [2.24, 2.45) is 11.8 Å². The zero-order valence-corrected chi connectivity index (χ0v) is 27.0. The third-order valence-electron chi connectivity index (χ3n) is 9.33. The molecule has 0 unspecified atom stereocenters. The number of allylic oxidation sites excluding steroid dienone is 1. The lowest BCUT2D eigenvalue weighted by Crippen LogP contribution is -2.56. The molecule has 4 rings (SSSR count). The average molecular weight is 624 g/mol. The maximum absolute atomic E-state index is 14.7. The minimum absolute atomic E-state index is 0.108. The van der Waals surface area contributed by atoms with E-state index in [2.05, 4.69) is 18.5 Å². The van der Waals surface area contributed by atoms with Crippen molar-refractivity contribution in [1.82, 2.24) is 10.2 Å². The van der Waals surface area contributed by atoms with E-state index in [9.17, 15) is 24.3 Å². The van der Waals surface area contributed by atoms with Gasteiger partial charge in [-0.05, 0) is 70.1 Å². The number of fused-ring (bicyclic) bond motifs is 1. The summed E-state index contributed by atoms with van der Waals surface area (Å²) in [4.78, 5) is 58.0. The Morgan fingerprint density at radius 1 is 1.20 bits per heavy atom. The summed E-state index contributed by atoms with van der Waals surface area (Å²) in [5, 5.41) is 12.0. The second-order valence-electron chi connectivity index (χ2n) is 12.6. The van der Waals surface area contributed by atoms with Crippen LogP contribution < -0.4 is 10.2 Å². The lowest BCUT2D eigenvalue weighted by atomic mass is 9.70. The van der Waals surface area contributed by atoms with Crippen LogP contribution in [0.1, 0.15) is 69.4 Å². The van der Waals surface area contributed by atoms with Crippen LogP contribution >= 0.6 is 0 Å². The highest BCUT2D eigenvalue weighted by Crippen LogP contribution is 2.59. The fraction of sp³-hybridized carbons (Fsp3) is 0.600. The molecule has 1 spiro atoms. The van der Waals surface area contributed by atoms with Gasteiger partial charge < -0.3 is 29.7 Å². The van der Waals surface area contributed by atoms with Crippen molar-refractivity contribution in [2.75, 3.05) is 31.1 Å². The maximum Gasteiger partial charge on any atom is 0.312 e. The summed E-state index contributed by atoms with van der Waals surface area (Å²) in [7, 11) is 0. The highest BCUT2D eigenvalue weighted by Gasteiger charge is 2.75. The van der Waals surface area contributed by atoms with E-state index in [0.29, 0.717) is 45.1 Å². The first kappa shape index (κ1) is 34.4. The number of nitrogens with one attached hydrogen (secondary N) is 1. The molecule has 0 saturated carbocycles. The number of likely N-dealkylation sites (tertiary alicyclic amines) is 1. The highest BCUT2D eigenvalue weighted by molar-refractivity contribution is 6.05. The van der Waals surface area contributed by atoms with Crippen LogP contribution in [0.15, 0.2) is 43.5 Å². The Morgan fingerprint density at radius 3 is 2.67 bits per heavy atom. The third kappa shape index (κ3) is 7.17. The fourth-order valence-corrected chi connectivity index (χ4v) is 7.18. The lowest BCUT2D eigenvalue weighted by Gasteiger charge is -2.37. The van der Waals surface area contributed by atoms with Crippen LogP contribution in [0, 0.1) is 25.7 Å². The molecule has 3 aliphatic rings. The van der Waals surface area contributed by atoms with Crippen molar-refractivity contribution < 1.29 is 33.8 Å². The molecular weight excluding hydrogens is 574 g/mol. The first-order valence-corrected chi connectivity index (χ1v) is 16.3. The topological polar surface area (TPSA) is 125 Å². The van der Waals surface area contributed by atoms with Crippen LogP contribution in [-0.4, -0.2) is 83.8 Å². The van der Waals surface area contributed by atoms with Gasteiger partial charge in [-0.15, -0.1) is 13.2 Å². The van der Waals surface area contributed by atoms with Crippen LogP contribution in [0.2, 0.25) is 0 Å². The molecule has 10 heteroatoms. The molecule has 0 aromatic heterocycles. The minimum atomic E-state index is -1.15. The Labute approximate surface area is 266 Å². The fourth-order valence-electron chi connectivity index (χ4n) is 7.18. The number of hydrogen-bond acceptors (Lipinski definition) is 7. The molecule has 10 nitrogen and oxygen atoms in total. The van der Waals surface area contributed by atoms with E-state index in [1.54, 1.807) is 28.9 Å². The lowest BCUT2D eigenvalue weighted by molar-refractivity contribution is -0.159. The molecule has 1 aromatic rings. The van der Waals surface area contributed by atoms with E-state index in [4.69, 9.17) is 9.47 Å². The summed E-state index contributed by atoms with van der Waals surface area (Å²) in [6, 6.07) is 5.03. The predicted octanol–water partition coefficient (Wildman–Crippen LogP) is 3.76. The van der Waals surface area contributed by atoms with Crippen LogP contribution in [-0.2, 0) is 28.7 Å². The van der Waals surface area contributed by atoms with Gasteiger partial charge in [0.25, 0.3) is 5.91 Å². The van der Waals surface area contributed by atoms with Gasteiger partial charge in [0.2, 0.25) is 11.8 Å². The van der Waals surface area contributed by atoms with Gasteiger partial charge in [-0.2, -0.15) is 0 Å². The monoisotopic (exact) mass is 623 g/mol. The molecule has 1 aromatic carbocycles. The number of esters is 1. The normalized spacial score (nSPS) is 25.5. The Bertz CT molecular complexity index is 1280. The van der Waals surface area contributed by atoms with E-state index in [-0.39, 0.29) is 37.4 Å². The van der Waals surface area contributed by atoms with E-state index in [1.165, 1.54) is 0 Å². The SMILES string of the molecule is C=CCCC(=O)NC[C@@H](C)OC(=O)[C@@H]1[C@@H]2CC[C@]3(O2)[C@H](C(=O)N(CC=C)c2cc(C)ccc2C)N(CCCCCCO)C(=O)[C@@H]13. The number of aryl methyl sites for hydroxylation is 2. The number of benzene rings is 1. The second-order valence-corrected chi connectivity index (χ2v) is 12.6. The quantitative estimate of drug-likeness (QED) is 0.154. The Balaban J connectivity index is 1.61. The molecule has 3 amide bonds. The molecule has 3 heterocycles. The molecule has 2 bridgehead atoms. The van der Waals surface area contributed by atoms with Gasteiger partial charge in [0.05, 0.1) is 24.5 Å². The largest absolute Gasteiger partial charge is 0.460 e. The van der Waals surface area contributed by atoms with Crippen molar-refractivity contribution in [2.45, 2.75) is 96.0 Å². The summed E-state index contributed by atoms with van der Waals surface area (Å²) in [5.74, 6) is -2.89. The van der Waals surface area contributed by atoms with Crippen molar-refractivity contribution >= 4 is 29.4 Å². The maximum atomic E-state index is 14.7. The highest BCUT2D eigenvalue weighted by atomic mass is 16.6. The third-order valence-corrected chi connectivity index (χ3v) is 9.33. The van der Waals surface area contributed by atoms with Gasteiger partial charge in [0.15, 0.2) is 0 Å². The number of unbranched alkanes of at least 4 members (excludes halogenated alkanes) is 3. The van der Waals surface area contributed by atoms with Crippen LogP contribution in [0.5, 0.6) is 0 Å². The number of rotatable bonds is 17. The van der Waals surface area contributed by atoms with Crippen molar-refractivity contribution in [3.05, 3.63) is 54.6 Å². The second kappa shape index (κ2) is 15.2. The molecule has 0 aliphatic carbocycles. The minimum Gasteiger partial charge on any atom is -0.460 e. The Kier molecular flexibility index (Phi) is 11.6.